The van der Waals surface area contributed by atoms with Crippen LogP contribution in [0.3, 0.4) is 0 Å². The Hall–Kier alpha value is -1.02. The number of rotatable bonds is 2. The molecule has 2 heteroatoms. The highest BCUT2D eigenvalue weighted by Gasteiger charge is 2.15. The quantitative estimate of drug-likeness (QED) is 0.841. The van der Waals surface area contributed by atoms with Gasteiger partial charge in [0.05, 0.1) is 0 Å². The molecular formula is C15H23NO. The molecule has 0 amide bonds. The molecule has 2 nitrogen and oxygen atoms in total. The van der Waals surface area contributed by atoms with Gasteiger partial charge in [-0.2, -0.15) is 0 Å². The highest BCUT2D eigenvalue weighted by atomic mass is 16.5. The molecule has 0 aromatic heterocycles. The predicted octanol–water partition coefficient (Wildman–Crippen LogP) is 3.68. The Morgan fingerprint density at radius 3 is 2.35 bits per heavy atom. The van der Waals surface area contributed by atoms with Crippen molar-refractivity contribution in [2.24, 2.45) is 0 Å². The maximum Gasteiger partial charge on any atom is 0.120 e. The van der Waals surface area contributed by atoms with Crippen molar-refractivity contribution in [2.75, 3.05) is 6.54 Å². The summed E-state index contributed by atoms with van der Waals surface area (Å²) in [6.45, 7) is 7.36. The first-order chi connectivity index (χ1) is 8.04. The zero-order valence-electron chi connectivity index (χ0n) is 11.1. The monoisotopic (exact) mass is 233 g/mol. The van der Waals surface area contributed by atoms with Crippen LogP contribution in [-0.2, 0) is 0 Å². The van der Waals surface area contributed by atoms with Crippen molar-refractivity contribution in [3.63, 3.8) is 0 Å². The molecule has 17 heavy (non-hydrogen) atoms. The number of ether oxygens (including phenoxy) is 1. The number of hydrogen-bond acceptors (Lipinski definition) is 2. The van der Waals surface area contributed by atoms with Crippen LogP contribution in [-0.4, -0.2) is 12.1 Å². The number of hydrogen-bond donors (Lipinski definition) is 1. The standard InChI is InChI=1S/C15H23NO/c1-15(2,3)17-13-9-7-12(8-10-13)14-6-4-5-11-16-14/h7-10,14,16H,4-6,11H2,1-3H3/t14-/m0/s1. The Morgan fingerprint density at radius 1 is 1.12 bits per heavy atom. The van der Waals surface area contributed by atoms with Crippen LogP contribution in [0.25, 0.3) is 0 Å². The third-order valence-electron chi connectivity index (χ3n) is 3.02. The fourth-order valence-corrected chi connectivity index (χ4v) is 2.26. The second-order valence-corrected chi connectivity index (χ2v) is 5.79. The minimum Gasteiger partial charge on any atom is -0.488 e. The third kappa shape index (κ3) is 3.74. The first-order valence-corrected chi connectivity index (χ1v) is 6.57. The van der Waals surface area contributed by atoms with E-state index in [2.05, 4.69) is 50.4 Å². The second-order valence-electron chi connectivity index (χ2n) is 5.79. The molecular weight excluding hydrogens is 210 g/mol. The summed E-state index contributed by atoms with van der Waals surface area (Å²) in [6, 6.07) is 9.06. The van der Waals surface area contributed by atoms with E-state index in [4.69, 9.17) is 4.74 Å². The van der Waals surface area contributed by atoms with Gasteiger partial charge in [0, 0.05) is 6.04 Å². The van der Waals surface area contributed by atoms with Crippen molar-refractivity contribution in [3.8, 4) is 5.75 Å². The smallest absolute Gasteiger partial charge is 0.120 e. The van der Waals surface area contributed by atoms with Crippen molar-refractivity contribution >= 4 is 0 Å². The average Bonchev–Trinajstić information content (AvgIpc) is 2.29. The molecule has 1 N–H and O–H groups in total. The molecule has 1 heterocycles. The molecule has 1 atom stereocenters. The zero-order valence-corrected chi connectivity index (χ0v) is 11.1. The van der Waals surface area contributed by atoms with Crippen molar-refractivity contribution < 1.29 is 4.74 Å². The summed E-state index contributed by atoms with van der Waals surface area (Å²) in [4.78, 5) is 0. The van der Waals surface area contributed by atoms with Crippen molar-refractivity contribution in [2.45, 2.75) is 51.7 Å². The number of nitrogens with one attached hydrogen (secondary N) is 1. The van der Waals surface area contributed by atoms with Crippen LogP contribution in [0.4, 0.5) is 0 Å². The van der Waals surface area contributed by atoms with Crippen molar-refractivity contribution in [3.05, 3.63) is 29.8 Å². The van der Waals surface area contributed by atoms with Gasteiger partial charge in [-0.15, -0.1) is 0 Å². The molecule has 2 rings (SSSR count). The van der Waals surface area contributed by atoms with E-state index >= 15 is 0 Å². The van der Waals surface area contributed by atoms with E-state index in [1.54, 1.807) is 0 Å². The highest BCUT2D eigenvalue weighted by Crippen LogP contribution is 2.25. The van der Waals surface area contributed by atoms with Crippen LogP contribution in [0.5, 0.6) is 5.75 Å². The lowest BCUT2D eigenvalue weighted by Crippen LogP contribution is -2.26. The minimum atomic E-state index is -0.120. The summed E-state index contributed by atoms with van der Waals surface area (Å²) in [5, 5.41) is 3.56. The molecule has 0 unspecified atom stereocenters. The van der Waals surface area contributed by atoms with Crippen LogP contribution < -0.4 is 10.1 Å². The Bertz CT molecular complexity index is 344. The van der Waals surface area contributed by atoms with Gasteiger partial charge in [0.15, 0.2) is 0 Å². The van der Waals surface area contributed by atoms with E-state index < -0.39 is 0 Å². The molecule has 94 valence electrons. The van der Waals surface area contributed by atoms with Crippen molar-refractivity contribution in [1.82, 2.24) is 5.32 Å². The third-order valence-corrected chi connectivity index (χ3v) is 3.02. The number of benzene rings is 1. The summed E-state index contributed by atoms with van der Waals surface area (Å²) >= 11 is 0. The molecule has 1 aromatic carbocycles. The SMILES string of the molecule is CC(C)(C)Oc1ccc([C@@H]2CCCCN2)cc1. The van der Waals surface area contributed by atoms with Crippen LogP contribution in [0.15, 0.2) is 24.3 Å². The molecule has 1 aliphatic rings. The topological polar surface area (TPSA) is 21.3 Å². The van der Waals surface area contributed by atoms with Gasteiger partial charge in [-0.05, 0) is 57.9 Å². The van der Waals surface area contributed by atoms with E-state index in [0.717, 1.165) is 12.3 Å². The lowest BCUT2D eigenvalue weighted by Gasteiger charge is -2.25. The molecule has 1 aromatic rings. The van der Waals surface area contributed by atoms with Gasteiger partial charge < -0.3 is 10.1 Å². The fourth-order valence-electron chi connectivity index (χ4n) is 2.26. The summed E-state index contributed by atoms with van der Waals surface area (Å²) in [7, 11) is 0. The highest BCUT2D eigenvalue weighted by molar-refractivity contribution is 5.29. The molecule has 0 radical (unpaired) electrons. The predicted molar refractivity (Wildman–Crippen MR) is 71.4 cm³/mol. The molecule has 1 fully saturated rings. The molecule has 1 saturated heterocycles. The van der Waals surface area contributed by atoms with E-state index in [0.29, 0.717) is 6.04 Å². The molecule has 1 aliphatic heterocycles. The van der Waals surface area contributed by atoms with Gasteiger partial charge in [0.25, 0.3) is 0 Å². The van der Waals surface area contributed by atoms with Gasteiger partial charge in [-0.1, -0.05) is 18.6 Å². The van der Waals surface area contributed by atoms with Crippen LogP contribution >= 0.6 is 0 Å². The maximum absolute atomic E-state index is 5.82. The Morgan fingerprint density at radius 2 is 1.82 bits per heavy atom. The lowest BCUT2D eigenvalue weighted by atomic mass is 9.97. The number of piperidine rings is 1. The van der Waals surface area contributed by atoms with Gasteiger partial charge in [0.2, 0.25) is 0 Å². The lowest BCUT2D eigenvalue weighted by molar-refractivity contribution is 0.131. The van der Waals surface area contributed by atoms with E-state index in [1.165, 1.54) is 24.8 Å². The average molecular weight is 233 g/mol. The van der Waals surface area contributed by atoms with Crippen LogP contribution in [0.2, 0.25) is 0 Å². The normalized spacial score (nSPS) is 21.2. The second kappa shape index (κ2) is 5.09. The zero-order chi connectivity index (χ0) is 12.3. The van der Waals surface area contributed by atoms with Gasteiger partial charge >= 0.3 is 0 Å². The molecule has 0 aliphatic carbocycles. The van der Waals surface area contributed by atoms with Gasteiger partial charge in [-0.25, -0.2) is 0 Å². The molecule has 0 saturated carbocycles. The van der Waals surface area contributed by atoms with E-state index in [9.17, 15) is 0 Å². The van der Waals surface area contributed by atoms with E-state index in [-0.39, 0.29) is 5.60 Å². The van der Waals surface area contributed by atoms with E-state index in [1.807, 2.05) is 0 Å². The summed E-state index contributed by atoms with van der Waals surface area (Å²) < 4.78 is 5.82. The largest absolute Gasteiger partial charge is 0.488 e. The maximum atomic E-state index is 5.82. The first-order valence-electron chi connectivity index (χ1n) is 6.57. The van der Waals surface area contributed by atoms with Gasteiger partial charge in [0.1, 0.15) is 11.4 Å². The van der Waals surface area contributed by atoms with Crippen LogP contribution in [0, 0.1) is 0 Å². The Kier molecular flexibility index (Phi) is 3.72. The Balaban J connectivity index is 2.02. The molecule has 0 spiro atoms. The summed E-state index contributed by atoms with van der Waals surface area (Å²) in [5.74, 6) is 0.956. The first kappa shape index (κ1) is 12.4. The molecule has 0 bridgehead atoms. The summed E-state index contributed by atoms with van der Waals surface area (Å²) in [6.07, 6.45) is 3.89. The minimum absolute atomic E-state index is 0.120. The summed E-state index contributed by atoms with van der Waals surface area (Å²) in [5.41, 5.74) is 1.26. The Labute approximate surface area is 104 Å². The fraction of sp³-hybridized carbons (Fsp3) is 0.600. The van der Waals surface area contributed by atoms with Crippen LogP contribution in [0.1, 0.15) is 51.6 Å². The van der Waals surface area contributed by atoms with Crippen molar-refractivity contribution in [1.29, 1.82) is 0 Å². The van der Waals surface area contributed by atoms with Gasteiger partial charge in [-0.3, -0.25) is 0 Å².